The monoisotopic (exact) mass is 428 g/mol. The number of aryl methyl sites for hydroxylation is 1. The predicted molar refractivity (Wildman–Crippen MR) is 110 cm³/mol. The van der Waals surface area contributed by atoms with Crippen molar-refractivity contribution in [3.63, 3.8) is 0 Å². The Bertz CT molecular complexity index is 1200. The van der Waals surface area contributed by atoms with Crippen molar-refractivity contribution in [2.24, 2.45) is 0 Å². The lowest BCUT2D eigenvalue weighted by Crippen LogP contribution is -2.17. The third-order valence-electron chi connectivity index (χ3n) is 4.91. The van der Waals surface area contributed by atoms with E-state index in [0.29, 0.717) is 22.5 Å². The Kier molecular flexibility index (Phi) is 6.69. The number of fused-ring (bicyclic) bond motifs is 1. The summed E-state index contributed by atoms with van der Waals surface area (Å²) in [6.07, 6.45) is -0.0160. The standard InChI is InChI=1S/C23H21FO7/c1-13-16-6-5-15(28-2)11-21(16)31-23(27)17(13)7-9-22(26)30-12-19(25)14-4-8-20(29-3)18(24)10-14/h4-6,8,10-11H,7,9,12H2,1-3H3. The van der Waals surface area contributed by atoms with Crippen LogP contribution in [0.15, 0.2) is 45.6 Å². The fourth-order valence-electron chi connectivity index (χ4n) is 3.16. The maximum Gasteiger partial charge on any atom is 0.339 e. The molecule has 3 rings (SSSR count). The molecular weight excluding hydrogens is 407 g/mol. The Balaban J connectivity index is 1.63. The molecule has 0 aliphatic carbocycles. The predicted octanol–water partition coefficient (Wildman–Crippen LogP) is 3.62. The average molecular weight is 428 g/mol. The summed E-state index contributed by atoms with van der Waals surface area (Å²) in [6.45, 7) is 1.24. The van der Waals surface area contributed by atoms with E-state index in [1.807, 2.05) is 0 Å². The smallest absolute Gasteiger partial charge is 0.339 e. The van der Waals surface area contributed by atoms with E-state index in [1.165, 1.54) is 26.4 Å². The molecule has 0 atom stereocenters. The zero-order chi connectivity index (χ0) is 22.5. The minimum Gasteiger partial charge on any atom is -0.497 e. The Morgan fingerprint density at radius 1 is 1.06 bits per heavy atom. The Labute approximate surface area is 177 Å². The van der Waals surface area contributed by atoms with Crippen molar-refractivity contribution in [2.45, 2.75) is 19.8 Å². The van der Waals surface area contributed by atoms with Gasteiger partial charge in [-0.2, -0.15) is 0 Å². The number of halogens is 1. The number of hydrogen-bond donors (Lipinski definition) is 0. The van der Waals surface area contributed by atoms with Gasteiger partial charge >= 0.3 is 11.6 Å². The SMILES string of the molecule is COc1ccc2c(C)c(CCC(=O)OCC(=O)c3ccc(OC)c(F)c3)c(=O)oc2c1. The molecule has 0 fully saturated rings. The van der Waals surface area contributed by atoms with Gasteiger partial charge in [0.05, 0.1) is 14.2 Å². The topological polar surface area (TPSA) is 92.0 Å². The molecule has 0 aliphatic rings. The van der Waals surface area contributed by atoms with Crippen molar-refractivity contribution in [1.82, 2.24) is 0 Å². The highest BCUT2D eigenvalue weighted by atomic mass is 19.1. The van der Waals surface area contributed by atoms with E-state index in [4.69, 9.17) is 18.6 Å². The number of rotatable bonds is 8. The Morgan fingerprint density at radius 3 is 2.52 bits per heavy atom. The molecule has 0 radical (unpaired) electrons. The molecule has 0 spiro atoms. The zero-order valence-electron chi connectivity index (χ0n) is 17.3. The van der Waals surface area contributed by atoms with Crippen LogP contribution in [0.25, 0.3) is 11.0 Å². The second-order valence-corrected chi connectivity index (χ2v) is 6.79. The molecule has 0 aliphatic heterocycles. The number of ether oxygens (including phenoxy) is 3. The average Bonchev–Trinajstić information content (AvgIpc) is 2.76. The molecule has 31 heavy (non-hydrogen) atoms. The molecule has 0 saturated heterocycles. The molecule has 1 heterocycles. The number of methoxy groups -OCH3 is 2. The maximum absolute atomic E-state index is 13.7. The first-order chi connectivity index (χ1) is 14.8. The summed E-state index contributed by atoms with van der Waals surface area (Å²) >= 11 is 0. The molecule has 162 valence electrons. The van der Waals surface area contributed by atoms with Crippen molar-refractivity contribution in [1.29, 1.82) is 0 Å². The molecule has 3 aromatic rings. The van der Waals surface area contributed by atoms with Gasteiger partial charge in [0, 0.05) is 29.0 Å². The second-order valence-electron chi connectivity index (χ2n) is 6.79. The van der Waals surface area contributed by atoms with E-state index in [9.17, 15) is 18.8 Å². The van der Waals surface area contributed by atoms with Gasteiger partial charge in [-0.15, -0.1) is 0 Å². The second kappa shape index (κ2) is 9.42. The van der Waals surface area contributed by atoms with Crippen molar-refractivity contribution in [3.05, 3.63) is 69.3 Å². The summed E-state index contributed by atoms with van der Waals surface area (Å²) in [7, 11) is 2.83. The van der Waals surface area contributed by atoms with Crippen LogP contribution in [0.4, 0.5) is 4.39 Å². The number of carbonyl (C=O) groups excluding carboxylic acids is 2. The quantitative estimate of drug-likeness (QED) is 0.307. The lowest BCUT2D eigenvalue weighted by molar-refractivity contribution is -0.142. The van der Waals surface area contributed by atoms with Crippen LogP contribution in [-0.4, -0.2) is 32.6 Å². The first kappa shape index (κ1) is 22.0. The summed E-state index contributed by atoms with van der Waals surface area (Å²) < 4.78 is 34.0. The molecule has 0 saturated carbocycles. The van der Waals surface area contributed by atoms with E-state index < -0.39 is 29.8 Å². The molecule has 7 nitrogen and oxygen atoms in total. The van der Waals surface area contributed by atoms with Crippen LogP contribution in [0.2, 0.25) is 0 Å². The first-order valence-electron chi connectivity index (χ1n) is 9.46. The number of carbonyl (C=O) groups is 2. The number of Topliss-reactive ketones (excluding diaryl/α,β-unsaturated/α-hetero) is 1. The van der Waals surface area contributed by atoms with Gasteiger partial charge in [0.25, 0.3) is 0 Å². The fourth-order valence-corrected chi connectivity index (χ4v) is 3.16. The highest BCUT2D eigenvalue weighted by Crippen LogP contribution is 2.24. The fraction of sp³-hybridized carbons (Fsp3) is 0.261. The van der Waals surface area contributed by atoms with Crippen molar-refractivity contribution >= 4 is 22.7 Å². The maximum atomic E-state index is 13.7. The van der Waals surface area contributed by atoms with Gasteiger partial charge in [-0.3, -0.25) is 9.59 Å². The van der Waals surface area contributed by atoms with E-state index in [2.05, 4.69) is 0 Å². The van der Waals surface area contributed by atoms with Gasteiger partial charge in [-0.1, -0.05) is 0 Å². The third kappa shape index (κ3) is 4.91. The third-order valence-corrected chi connectivity index (χ3v) is 4.91. The van der Waals surface area contributed by atoms with Crippen LogP contribution in [-0.2, 0) is 16.0 Å². The Morgan fingerprint density at radius 2 is 1.84 bits per heavy atom. The van der Waals surface area contributed by atoms with E-state index in [1.54, 1.807) is 25.1 Å². The van der Waals surface area contributed by atoms with Crippen LogP contribution < -0.4 is 15.1 Å². The van der Waals surface area contributed by atoms with Crippen molar-refractivity contribution in [3.8, 4) is 11.5 Å². The van der Waals surface area contributed by atoms with Crippen LogP contribution in [0.5, 0.6) is 11.5 Å². The van der Waals surface area contributed by atoms with E-state index >= 15 is 0 Å². The Hall–Kier alpha value is -3.68. The number of esters is 1. The molecule has 2 aromatic carbocycles. The summed E-state index contributed by atoms with van der Waals surface area (Å²) in [5, 5.41) is 0.737. The molecule has 0 unspecified atom stereocenters. The largest absolute Gasteiger partial charge is 0.497 e. The van der Waals surface area contributed by atoms with Gasteiger partial charge in [-0.05, 0) is 49.2 Å². The lowest BCUT2D eigenvalue weighted by atomic mass is 10.0. The van der Waals surface area contributed by atoms with Gasteiger partial charge in [0.1, 0.15) is 11.3 Å². The lowest BCUT2D eigenvalue weighted by Gasteiger charge is -2.09. The van der Waals surface area contributed by atoms with Crippen molar-refractivity contribution < 1.29 is 32.6 Å². The molecule has 0 bridgehead atoms. The van der Waals surface area contributed by atoms with Gasteiger partial charge in [0.15, 0.2) is 24.0 Å². The van der Waals surface area contributed by atoms with Crippen LogP contribution in [0.1, 0.15) is 27.9 Å². The normalized spacial score (nSPS) is 10.7. The summed E-state index contributed by atoms with van der Waals surface area (Å²) in [6, 6.07) is 8.88. The number of ketones is 1. The van der Waals surface area contributed by atoms with Crippen molar-refractivity contribution in [2.75, 3.05) is 20.8 Å². The number of hydrogen-bond acceptors (Lipinski definition) is 7. The number of benzene rings is 2. The minimum atomic E-state index is -0.684. The molecular formula is C23H21FO7. The minimum absolute atomic E-state index is 0.0107. The summed E-state index contributed by atoms with van der Waals surface area (Å²) in [4.78, 5) is 36.5. The summed E-state index contributed by atoms with van der Waals surface area (Å²) in [5.74, 6) is -1.32. The zero-order valence-corrected chi connectivity index (χ0v) is 17.3. The van der Waals surface area contributed by atoms with Crippen LogP contribution in [0, 0.1) is 12.7 Å². The van der Waals surface area contributed by atoms with Crippen LogP contribution >= 0.6 is 0 Å². The van der Waals surface area contributed by atoms with Gasteiger partial charge in [0.2, 0.25) is 0 Å². The van der Waals surface area contributed by atoms with Crippen LogP contribution in [0.3, 0.4) is 0 Å². The molecule has 0 N–H and O–H groups in total. The van der Waals surface area contributed by atoms with E-state index in [0.717, 1.165) is 11.5 Å². The molecule has 1 aromatic heterocycles. The van der Waals surface area contributed by atoms with E-state index in [-0.39, 0.29) is 24.2 Å². The van der Waals surface area contributed by atoms with Gasteiger partial charge in [-0.25, -0.2) is 9.18 Å². The van der Waals surface area contributed by atoms with Gasteiger partial charge < -0.3 is 18.6 Å². The molecule has 8 heteroatoms. The first-order valence-corrected chi connectivity index (χ1v) is 9.46. The highest BCUT2D eigenvalue weighted by Gasteiger charge is 2.16. The highest BCUT2D eigenvalue weighted by molar-refractivity contribution is 5.98. The summed E-state index contributed by atoms with van der Waals surface area (Å²) in [5.41, 5.74) is 0.971. The molecule has 0 amide bonds.